The Balaban J connectivity index is 1.66. The van der Waals surface area contributed by atoms with Crippen LogP contribution in [0.3, 0.4) is 0 Å². The van der Waals surface area contributed by atoms with E-state index in [1.54, 1.807) is 30.3 Å². The SMILES string of the molecule is Cc1ccc2[nH]c(CNC[C@H](O)c3ccc(O)cc3)cc(=O)c2c1. The van der Waals surface area contributed by atoms with Gasteiger partial charge in [-0.15, -0.1) is 0 Å². The summed E-state index contributed by atoms with van der Waals surface area (Å²) < 4.78 is 0. The number of fused-ring (bicyclic) bond motifs is 1. The van der Waals surface area contributed by atoms with E-state index in [1.807, 2.05) is 25.1 Å². The van der Waals surface area contributed by atoms with Crippen molar-refractivity contribution in [3.8, 4) is 5.75 Å². The first-order valence-corrected chi connectivity index (χ1v) is 7.83. The number of aromatic nitrogens is 1. The third-order valence-corrected chi connectivity index (χ3v) is 3.97. The average molecular weight is 324 g/mol. The maximum Gasteiger partial charge on any atom is 0.189 e. The quantitative estimate of drug-likeness (QED) is 0.580. The fourth-order valence-electron chi connectivity index (χ4n) is 2.67. The van der Waals surface area contributed by atoms with Gasteiger partial charge in [-0.1, -0.05) is 23.8 Å². The summed E-state index contributed by atoms with van der Waals surface area (Å²) >= 11 is 0. The number of benzene rings is 2. The number of H-pyrrole nitrogens is 1. The van der Waals surface area contributed by atoms with Crippen molar-refractivity contribution < 1.29 is 10.2 Å². The molecule has 0 spiro atoms. The second-order valence-corrected chi connectivity index (χ2v) is 5.95. The Morgan fingerprint density at radius 3 is 2.62 bits per heavy atom. The maximum atomic E-state index is 12.2. The normalized spacial score (nSPS) is 12.4. The number of rotatable bonds is 5. The molecule has 1 aromatic heterocycles. The largest absolute Gasteiger partial charge is 0.508 e. The topological polar surface area (TPSA) is 85.3 Å². The van der Waals surface area contributed by atoms with E-state index >= 15 is 0 Å². The minimum atomic E-state index is -0.680. The van der Waals surface area contributed by atoms with Crippen LogP contribution in [0.4, 0.5) is 0 Å². The summed E-state index contributed by atoms with van der Waals surface area (Å²) in [7, 11) is 0. The Hall–Kier alpha value is -2.63. The van der Waals surface area contributed by atoms with Crippen molar-refractivity contribution in [2.45, 2.75) is 19.6 Å². The molecule has 0 unspecified atom stereocenters. The molecule has 0 amide bonds. The van der Waals surface area contributed by atoms with Gasteiger partial charge in [0, 0.05) is 35.8 Å². The van der Waals surface area contributed by atoms with Crippen molar-refractivity contribution in [2.24, 2.45) is 0 Å². The van der Waals surface area contributed by atoms with Crippen molar-refractivity contribution >= 4 is 10.9 Å². The number of aryl methyl sites for hydroxylation is 1. The first kappa shape index (κ1) is 16.2. The molecule has 5 heteroatoms. The molecule has 0 radical (unpaired) electrons. The van der Waals surface area contributed by atoms with Crippen molar-refractivity contribution in [3.05, 3.63) is 75.6 Å². The lowest BCUT2D eigenvalue weighted by Gasteiger charge is -2.12. The maximum absolute atomic E-state index is 12.2. The number of aliphatic hydroxyl groups is 1. The monoisotopic (exact) mass is 324 g/mol. The zero-order valence-electron chi connectivity index (χ0n) is 13.4. The number of phenols is 1. The second-order valence-electron chi connectivity index (χ2n) is 5.95. The molecule has 0 aliphatic carbocycles. The molecular weight excluding hydrogens is 304 g/mol. The van der Waals surface area contributed by atoms with Crippen molar-refractivity contribution in [1.82, 2.24) is 10.3 Å². The van der Waals surface area contributed by atoms with Gasteiger partial charge in [0.15, 0.2) is 5.43 Å². The summed E-state index contributed by atoms with van der Waals surface area (Å²) in [5.41, 5.74) is 3.35. The molecule has 5 nitrogen and oxygen atoms in total. The van der Waals surface area contributed by atoms with E-state index in [0.717, 1.165) is 22.3 Å². The van der Waals surface area contributed by atoms with E-state index in [1.165, 1.54) is 0 Å². The Labute approximate surface area is 139 Å². The van der Waals surface area contributed by atoms with Crippen LogP contribution in [-0.4, -0.2) is 21.7 Å². The number of hydrogen-bond donors (Lipinski definition) is 4. The summed E-state index contributed by atoms with van der Waals surface area (Å²) in [6, 6.07) is 13.8. The predicted octanol–water partition coefficient (Wildman–Crippen LogP) is 2.37. The minimum absolute atomic E-state index is 0.0108. The number of aliphatic hydroxyl groups excluding tert-OH is 1. The van der Waals surface area contributed by atoms with E-state index in [4.69, 9.17) is 0 Å². The van der Waals surface area contributed by atoms with E-state index in [0.29, 0.717) is 18.5 Å². The molecule has 0 aliphatic heterocycles. The van der Waals surface area contributed by atoms with E-state index < -0.39 is 6.10 Å². The van der Waals surface area contributed by atoms with Crippen LogP contribution in [-0.2, 0) is 6.54 Å². The Kier molecular flexibility index (Phi) is 4.64. The number of phenolic OH excluding ortho intramolecular Hbond substituents is 1. The van der Waals surface area contributed by atoms with Crippen LogP contribution in [0.2, 0.25) is 0 Å². The molecule has 0 bridgehead atoms. The van der Waals surface area contributed by atoms with Gasteiger partial charge < -0.3 is 20.5 Å². The van der Waals surface area contributed by atoms with Gasteiger partial charge in [0.1, 0.15) is 5.75 Å². The molecule has 3 aromatic rings. The van der Waals surface area contributed by atoms with Gasteiger partial charge in [-0.2, -0.15) is 0 Å². The summed E-state index contributed by atoms with van der Waals surface area (Å²) in [6.07, 6.45) is -0.680. The third-order valence-electron chi connectivity index (χ3n) is 3.97. The van der Waals surface area contributed by atoms with E-state index in [2.05, 4.69) is 10.3 Å². The Morgan fingerprint density at radius 1 is 1.12 bits per heavy atom. The highest BCUT2D eigenvalue weighted by Crippen LogP contribution is 2.16. The highest BCUT2D eigenvalue weighted by Gasteiger charge is 2.08. The summed E-state index contributed by atoms with van der Waals surface area (Å²) in [6.45, 7) is 2.76. The van der Waals surface area contributed by atoms with Crippen LogP contribution < -0.4 is 10.7 Å². The molecule has 2 aromatic carbocycles. The molecule has 0 fully saturated rings. The highest BCUT2D eigenvalue weighted by molar-refractivity contribution is 5.79. The van der Waals surface area contributed by atoms with Gasteiger partial charge in [0.2, 0.25) is 0 Å². The molecular formula is C19H20N2O3. The number of nitrogens with one attached hydrogen (secondary N) is 2. The molecule has 3 rings (SSSR count). The summed E-state index contributed by atoms with van der Waals surface area (Å²) in [4.78, 5) is 15.4. The van der Waals surface area contributed by atoms with Crippen molar-refractivity contribution in [2.75, 3.05) is 6.54 Å². The molecule has 4 N–H and O–H groups in total. The second kappa shape index (κ2) is 6.86. The lowest BCUT2D eigenvalue weighted by molar-refractivity contribution is 0.174. The number of aromatic hydroxyl groups is 1. The molecule has 0 saturated carbocycles. The van der Waals surface area contributed by atoms with E-state index in [9.17, 15) is 15.0 Å². The molecule has 0 saturated heterocycles. The first-order chi connectivity index (χ1) is 11.5. The molecule has 0 aliphatic rings. The minimum Gasteiger partial charge on any atom is -0.508 e. The molecule has 1 atom stereocenters. The van der Waals surface area contributed by atoms with Gasteiger partial charge in [0.05, 0.1) is 6.10 Å². The number of hydrogen-bond acceptors (Lipinski definition) is 4. The first-order valence-electron chi connectivity index (χ1n) is 7.83. The van der Waals surface area contributed by atoms with Crippen LogP contribution in [0, 0.1) is 6.92 Å². The van der Waals surface area contributed by atoms with Crippen LogP contribution >= 0.6 is 0 Å². The van der Waals surface area contributed by atoms with E-state index in [-0.39, 0.29) is 11.2 Å². The smallest absolute Gasteiger partial charge is 0.189 e. The van der Waals surface area contributed by atoms with Gasteiger partial charge in [-0.25, -0.2) is 0 Å². The van der Waals surface area contributed by atoms with Gasteiger partial charge in [0.25, 0.3) is 0 Å². The van der Waals surface area contributed by atoms with Crippen LogP contribution in [0.25, 0.3) is 10.9 Å². The lowest BCUT2D eigenvalue weighted by atomic mass is 10.1. The number of aromatic amines is 1. The molecule has 1 heterocycles. The van der Waals surface area contributed by atoms with Crippen molar-refractivity contribution in [3.63, 3.8) is 0 Å². The van der Waals surface area contributed by atoms with Gasteiger partial charge in [-0.05, 0) is 36.8 Å². The third kappa shape index (κ3) is 3.64. The average Bonchev–Trinajstić information content (AvgIpc) is 2.56. The van der Waals surface area contributed by atoms with Crippen LogP contribution in [0.15, 0.2) is 53.3 Å². The summed E-state index contributed by atoms with van der Waals surface area (Å²) in [5.74, 6) is 0.169. The zero-order valence-corrected chi connectivity index (χ0v) is 13.4. The fraction of sp³-hybridized carbons (Fsp3) is 0.211. The fourth-order valence-corrected chi connectivity index (χ4v) is 2.67. The molecule has 124 valence electrons. The standard InChI is InChI=1S/C19H20N2O3/c1-12-2-7-17-16(8-12)18(23)9-14(21-17)10-20-11-19(24)13-3-5-15(22)6-4-13/h2-9,19-20,22,24H,10-11H2,1H3,(H,21,23)/t19-/m0/s1. The predicted molar refractivity (Wildman–Crippen MR) is 94.1 cm³/mol. The number of pyridine rings is 1. The zero-order chi connectivity index (χ0) is 17.1. The van der Waals surface area contributed by atoms with Gasteiger partial charge in [-0.3, -0.25) is 4.79 Å². The van der Waals surface area contributed by atoms with Crippen molar-refractivity contribution in [1.29, 1.82) is 0 Å². The Bertz CT molecular complexity index is 901. The lowest BCUT2D eigenvalue weighted by Crippen LogP contribution is -2.22. The van der Waals surface area contributed by atoms with Gasteiger partial charge >= 0.3 is 0 Å². The molecule has 24 heavy (non-hydrogen) atoms. The summed E-state index contributed by atoms with van der Waals surface area (Å²) in [5, 5.41) is 23.2. The van der Waals surface area contributed by atoms with Crippen LogP contribution in [0.1, 0.15) is 22.9 Å². The van der Waals surface area contributed by atoms with Crippen LogP contribution in [0.5, 0.6) is 5.75 Å². The highest BCUT2D eigenvalue weighted by atomic mass is 16.3. The Morgan fingerprint density at radius 2 is 1.88 bits per heavy atom.